The van der Waals surface area contributed by atoms with Crippen molar-refractivity contribution >= 4 is 27.5 Å². The predicted molar refractivity (Wildman–Crippen MR) is 171 cm³/mol. The van der Waals surface area contributed by atoms with Crippen LogP contribution in [0.3, 0.4) is 0 Å². The van der Waals surface area contributed by atoms with Gasteiger partial charge in [-0.3, -0.25) is 13.9 Å². The first-order valence-corrected chi connectivity index (χ1v) is 15.9. The Labute approximate surface area is 255 Å². The van der Waals surface area contributed by atoms with Crippen molar-refractivity contribution in [3.63, 3.8) is 0 Å². The Morgan fingerprint density at radius 2 is 1.42 bits per heavy atom. The van der Waals surface area contributed by atoms with E-state index < -0.39 is 28.5 Å². The van der Waals surface area contributed by atoms with Crippen molar-refractivity contribution in [1.82, 2.24) is 10.2 Å². The van der Waals surface area contributed by atoms with E-state index in [4.69, 9.17) is 0 Å². The summed E-state index contributed by atoms with van der Waals surface area (Å²) in [6.07, 6.45) is 1.02. The molecule has 4 aromatic carbocycles. The molecule has 0 saturated carbocycles. The van der Waals surface area contributed by atoms with Gasteiger partial charge in [0.2, 0.25) is 11.8 Å². The summed E-state index contributed by atoms with van der Waals surface area (Å²) < 4.78 is 29.2. The first kappa shape index (κ1) is 31.5. The monoisotopic (exact) mass is 597 g/mol. The summed E-state index contributed by atoms with van der Waals surface area (Å²) in [5.74, 6) is -0.756. The predicted octanol–water partition coefficient (Wildman–Crippen LogP) is 5.67. The van der Waals surface area contributed by atoms with Gasteiger partial charge in [-0.2, -0.15) is 0 Å². The lowest BCUT2D eigenvalue weighted by Crippen LogP contribution is -2.53. The van der Waals surface area contributed by atoms with Gasteiger partial charge >= 0.3 is 0 Å². The van der Waals surface area contributed by atoms with E-state index in [9.17, 15) is 18.0 Å². The van der Waals surface area contributed by atoms with Gasteiger partial charge in [-0.1, -0.05) is 97.4 Å². The van der Waals surface area contributed by atoms with Crippen molar-refractivity contribution in [3.05, 3.63) is 131 Å². The van der Waals surface area contributed by atoms with Gasteiger partial charge in [0.25, 0.3) is 10.0 Å². The number of carbonyl (C=O) groups excluding carboxylic acids is 2. The Balaban J connectivity index is 1.78. The van der Waals surface area contributed by atoms with Crippen LogP contribution in [0.2, 0.25) is 0 Å². The van der Waals surface area contributed by atoms with E-state index in [1.54, 1.807) is 36.4 Å². The summed E-state index contributed by atoms with van der Waals surface area (Å²) in [7, 11) is -4.11. The van der Waals surface area contributed by atoms with Crippen molar-refractivity contribution in [1.29, 1.82) is 0 Å². The second kappa shape index (κ2) is 14.6. The van der Waals surface area contributed by atoms with Gasteiger partial charge < -0.3 is 10.2 Å². The molecule has 4 rings (SSSR count). The minimum atomic E-state index is -4.11. The van der Waals surface area contributed by atoms with Gasteiger partial charge in [0.05, 0.1) is 10.6 Å². The summed E-state index contributed by atoms with van der Waals surface area (Å²) in [5, 5.41) is 2.97. The number of rotatable bonds is 13. The topological polar surface area (TPSA) is 86.8 Å². The minimum absolute atomic E-state index is 0.0796. The molecule has 4 aromatic rings. The zero-order valence-electron chi connectivity index (χ0n) is 24.9. The van der Waals surface area contributed by atoms with Crippen LogP contribution >= 0.6 is 0 Å². The van der Waals surface area contributed by atoms with E-state index in [1.165, 1.54) is 17.0 Å². The Morgan fingerprint density at radius 3 is 2.05 bits per heavy atom. The van der Waals surface area contributed by atoms with E-state index in [0.717, 1.165) is 33.0 Å². The molecule has 0 unspecified atom stereocenters. The molecule has 0 bridgehead atoms. The van der Waals surface area contributed by atoms with E-state index >= 15 is 0 Å². The van der Waals surface area contributed by atoms with Gasteiger partial charge in [0.15, 0.2) is 0 Å². The molecule has 0 spiro atoms. The van der Waals surface area contributed by atoms with E-state index in [0.29, 0.717) is 12.2 Å². The number of hydrogen-bond acceptors (Lipinski definition) is 4. The summed E-state index contributed by atoms with van der Waals surface area (Å²) in [6.45, 7) is 5.96. The molecule has 0 aromatic heterocycles. The number of nitrogens with one attached hydrogen (secondary N) is 1. The molecule has 0 radical (unpaired) electrons. The van der Waals surface area contributed by atoms with Crippen molar-refractivity contribution in [3.8, 4) is 0 Å². The van der Waals surface area contributed by atoms with Crippen LogP contribution in [0.1, 0.15) is 35.6 Å². The quantitative estimate of drug-likeness (QED) is 0.215. The van der Waals surface area contributed by atoms with Crippen LogP contribution in [0.4, 0.5) is 5.69 Å². The maximum Gasteiger partial charge on any atom is 0.264 e. The van der Waals surface area contributed by atoms with Crippen LogP contribution < -0.4 is 9.62 Å². The number of carbonyl (C=O) groups is 2. The molecule has 0 aliphatic carbocycles. The van der Waals surface area contributed by atoms with Gasteiger partial charge in [-0.25, -0.2) is 8.42 Å². The molecule has 43 heavy (non-hydrogen) atoms. The lowest BCUT2D eigenvalue weighted by Gasteiger charge is -2.34. The number of nitrogens with zero attached hydrogens (tertiary/aromatic N) is 2. The Bertz CT molecular complexity index is 1610. The highest BCUT2D eigenvalue weighted by Gasteiger charge is 2.34. The fourth-order valence-electron chi connectivity index (χ4n) is 4.84. The Kier molecular flexibility index (Phi) is 10.7. The zero-order valence-corrected chi connectivity index (χ0v) is 25.8. The van der Waals surface area contributed by atoms with Gasteiger partial charge in [0, 0.05) is 19.5 Å². The molecule has 1 N–H and O–H groups in total. The van der Waals surface area contributed by atoms with Crippen molar-refractivity contribution in [2.45, 2.75) is 51.1 Å². The number of benzene rings is 4. The zero-order chi connectivity index (χ0) is 30.8. The van der Waals surface area contributed by atoms with Gasteiger partial charge in [-0.15, -0.1) is 0 Å². The molecule has 0 aliphatic heterocycles. The molecule has 0 aliphatic rings. The maximum absolute atomic E-state index is 14.4. The lowest BCUT2D eigenvalue weighted by atomic mass is 10.0. The average Bonchev–Trinajstić information content (AvgIpc) is 3.02. The second-order valence-corrected chi connectivity index (χ2v) is 12.5. The fourth-order valence-corrected chi connectivity index (χ4v) is 6.27. The number of amides is 2. The molecule has 224 valence electrons. The minimum Gasteiger partial charge on any atom is -0.354 e. The van der Waals surface area contributed by atoms with Crippen molar-refractivity contribution in [2.75, 3.05) is 17.4 Å². The third-order valence-electron chi connectivity index (χ3n) is 7.19. The van der Waals surface area contributed by atoms with Gasteiger partial charge in [-0.05, 0) is 61.2 Å². The fraction of sp³-hybridized carbons (Fsp3) is 0.257. The van der Waals surface area contributed by atoms with Gasteiger partial charge in [0.1, 0.15) is 12.6 Å². The van der Waals surface area contributed by atoms with Crippen LogP contribution in [0.25, 0.3) is 0 Å². The summed E-state index contributed by atoms with van der Waals surface area (Å²) in [6, 6.07) is 31.6. The van der Waals surface area contributed by atoms with E-state index in [1.807, 2.05) is 81.4 Å². The van der Waals surface area contributed by atoms with Crippen LogP contribution in [0, 0.1) is 13.8 Å². The standard InChI is InChI=1S/C35H39N3O4S/c1-4-22-36-35(40)33(24-29-13-7-5-8-14-29)37(25-30-20-18-27(2)19-21-30)34(39)26-38(31-15-11-12-28(3)23-31)43(41,42)32-16-9-6-10-17-32/h5-21,23,33H,4,22,24-26H2,1-3H3,(H,36,40)/t33-/m0/s1. The number of anilines is 1. The molecular formula is C35H39N3O4S. The van der Waals surface area contributed by atoms with E-state index in [2.05, 4.69) is 5.32 Å². The first-order valence-electron chi connectivity index (χ1n) is 14.5. The second-order valence-electron chi connectivity index (χ2n) is 10.7. The molecule has 0 saturated heterocycles. The van der Waals surface area contributed by atoms with Crippen LogP contribution in [-0.4, -0.2) is 44.3 Å². The maximum atomic E-state index is 14.4. The first-order chi connectivity index (χ1) is 20.7. The highest BCUT2D eigenvalue weighted by Crippen LogP contribution is 2.26. The van der Waals surface area contributed by atoms with Crippen LogP contribution in [-0.2, 0) is 32.6 Å². The third kappa shape index (κ3) is 8.32. The molecule has 2 amide bonds. The van der Waals surface area contributed by atoms with Crippen molar-refractivity contribution in [2.24, 2.45) is 0 Å². The normalized spacial score (nSPS) is 11.9. The van der Waals surface area contributed by atoms with Crippen LogP contribution in [0.15, 0.2) is 114 Å². The largest absolute Gasteiger partial charge is 0.354 e. The Hall–Kier alpha value is -4.43. The highest BCUT2D eigenvalue weighted by atomic mass is 32.2. The molecule has 1 atom stereocenters. The molecule has 0 heterocycles. The molecular weight excluding hydrogens is 558 g/mol. The molecule has 7 nitrogen and oxygen atoms in total. The lowest BCUT2D eigenvalue weighted by molar-refractivity contribution is -0.140. The number of hydrogen-bond donors (Lipinski definition) is 1. The van der Waals surface area contributed by atoms with Crippen LogP contribution in [0.5, 0.6) is 0 Å². The third-order valence-corrected chi connectivity index (χ3v) is 8.98. The summed E-state index contributed by atoms with van der Waals surface area (Å²) >= 11 is 0. The van der Waals surface area contributed by atoms with Crippen molar-refractivity contribution < 1.29 is 18.0 Å². The summed E-state index contributed by atoms with van der Waals surface area (Å²) in [5.41, 5.74) is 4.04. The summed E-state index contributed by atoms with van der Waals surface area (Å²) in [4.78, 5) is 29.7. The molecule has 0 fully saturated rings. The smallest absolute Gasteiger partial charge is 0.264 e. The Morgan fingerprint density at radius 1 is 0.767 bits per heavy atom. The SMILES string of the molecule is CCCNC(=O)[C@H](Cc1ccccc1)N(Cc1ccc(C)cc1)C(=O)CN(c1cccc(C)c1)S(=O)(=O)c1ccccc1. The van der Waals surface area contributed by atoms with E-state index in [-0.39, 0.29) is 23.8 Å². The highest BCUT2D eigenvalue weighted by molar-refractivity contribution is 7.92. The molecule has 8 heteroatoms. The number of aryl methyl sites for hydroxylation is 2. The average molecular weight is 598 g/mol. The number of sulfonamides is 1.